The molecular weight excluding hydrogens is 304 g/mol. The zero-order valence-electron chi connectivity index (χ0n) is 12.2. The van der Waals surface area contributed by atoms with Gasteiger partial charge in [-0.05, 0) is 17.7 Å². The fraction of sp³-hybridized carbons (Fsp3) is 0.125. The van der Waals surface area contributed by atoms with Crippen molar-refractivity contribution < 1.29 is 18.6 Å². The molecule has 0 amide bonds. The van der Waals surface area contributed by atoms with Gasteiger partial charge in [0.2, 0.25) is 0 Å². The standard InChI is InChI=1S/C16H13F2N3O2/c1-23-15-3-2-9(4-14(15)22)7-20-16-8-19-12-5-10(17)11(18)6-13(12)21-16/h2-6,8,22H,7H2,1H3,(H,20,21). The molecule has 0 spiro atoms. The van der Waals surface area contributed by atoms with E-state index in [1.54, 1.807) is 18.2 Å². The van der Waals surface area contributed by atoms with Crippen molar-refractivity contribution in [1.82, 2.24) is 9.97 Å². The molecule has 0 aliphatic carbocycles. The molecule has 118 valence electrons. The van der Waals surface area contributed by atoms with E-state index in [1.165, 1.54) is 13.3 Å². The summed E-state index contributed by atoms with van der Waals surface area (Å²) in [5, 5.41) is 12.7. The summed E-state index contributed by atoms with van der Waals surface area (Å²) in [7, 11) is 1.47. The molecule has 3 aromatic rings. The van der Waals surface area contributed by atoms with Crippen molar-refractivity contribution in [3.8, 4) is 11.5 Å². The van der Waals surface area contributed by atoms with Gasteiger partial charge >= 0.3 is 0 Å². The number of phenolic OH excluding ortho intramolecular Hbond substituents is 1. The fourth-order valence-corrected chi connectivity index (χ4v) is 2.13. The molecule has 0 bridgehead atoms. The van der Waals surface area contributed by atoms with Gasteiger partial charge in [0.15, 0.2) is 23.1 Å². The first-order valence-electron chi connectivity index (χ1n) is 6.78. The van der Waals surface area contributed by atoms with E-state index in [1.807, 2.05) is 0 Å². The highest BCUT2D eigenvalue weighted by Crippen LogP contribution is 2.26. The van der Waals surface area contributed by atoms with Gasteiger partial charge in [-0.1, -0.05) is 6.07 Å². The van der Waals surface area contributed by atoms with Gasteiger partial charge in [-0.2, -0.15) is 0 Å². The molecule has 2 N–H and O–H groups in total. The summed E-state index contributed by atoms with van der Waals surface area (Å²) >= 11 is 0. The van der Waals surface area contributed by atoms with E-state index in [0.29, 0.717) is 18.1 Å². The Morgan fingerprint density at radius 2 is 1.87 bits per heavy atom. The molecule has 1 heterocycles. The minimum Gasteiger partial charge on any atom is -0.504 e. The average Bonchev–Trinajstić information content (AvgIpc) is 2.54. The molecule has 5 nitrogen and oxygen atoms in total. The Labute approximate surface area is 130 Å². The van der Waals surface area contributed by atoms with Crippen LogP contribution in [-0.4, -0.2) is 22.2 Å². The fourth-order valence-electron chi connectivity index (χ4n) is 2.13. The van der Waals surface area contributed by atoms with E-state index in [4.69, 9.17) is 4.74 Å². The number of aromatic hydroxyl groups is 1. The van der Waals surface area contributed by atoms with Crippen LogP contribution < -0.4 is 10.1 Å². The number of phenols is 1. The molecule has 0 aliphatic rings. The predicted octanol–water partition coefficient (Wildman–Crippen LogP) is 3.23. The molecular formula is C16H13F2N3O2. The highest BCUT2D eigenvalue weighted by molar-refractivity contribution is 5.75. The number of methoxy groups -OCH3 is 1. The maximum atomic E-state index is 13.2. The van der Waals surface area contributed by atoms with Crippen LogP contribution in [0.2, 0.25) is 0 Å². The number of benzene rings is 2. The average molecular weight is 317 g/mol. The molecule has 0 aliphatic heterocycles. The van der Waals surface area contributed by atoms with Crippen LogP contribution in [0.4, 0.5) is 14.6 Å². The highest BCUT2D eigenvalue weighted by atomic mass is 19.2. The van der Waals surface area contributed by atoms with Crippen molar-refractivity contribution in [2.24, 2.45) is 0 Å². The number of hydrogen-bond acceptors (Lipinski definition) is 5. The zero-order valence-corrected chi connectivity index (χ0v) is 12.2. The molecule has 2 aromatic carbocycles. The summed E-state index contributed by atoms with van der Waals surface area (Å²) < 4.78 is 31.3. The quantitative estimate of drug-likeness (QED) is 0.773. The van der Waals surface area contributed by atoms with Crippen molar-refractivity contribution in [2.75, 3.05) is 12.4 Å². The van der Waals surface area contributed by atoms with Crippen LogP contribution in [0.5, 0.6) is 11.5 Å². The van der Waals surface area contributed by atoms with Crippen LogP contribution in [0.15, 0.2) is 36.5 Å². The molecule has 0 atom stereocenters. The van der Waals surface area contributed by atoms with E-state index < -0.39 is 11.6 Å². The molecule has 1 aromatic heterocycles. The van der Waals surface area contributed by atoms with Crippen molar-refractivity contribution in [3.05, 3.63) is 53.7 Å². The summed E-state index contributed by atoms with van der Waals surface area (Å²) in [6, 6.07) is 7.01. The molecule has 0 fully saturated rings. The number of halogens is 2. The molecule has 3 rings (SSSR count). The Morgan fingerprint density at radius 1 is 1.13 bits per heavy atom. The smallest absolute Gasteiger partial charge is 0.161 e. The van der Waals surface area contributed by atoms with Crippen LogP contribution >= 0.6 is 0 Å². The van der Waals surface area contributed by atoms with Crippen molar-refractivity contribution in [2.45, 2.75) is 6.54 Å². The predicted molar refractivity (Wildman–Crippen MR) is 81.4 cm³/mol. The SMILES string of the molecule is COc1ccc(CNc2cnc3cc(F)c(F)cc3n2)cc1O. The van der Waals surface area contributed by atoms with E-state index in [-0.39, 0.29) is 16.8 Å². The topological polar surface area (TPSA) is 67.3 Å². The van der Waals surface area contributed by atoms with Gasteiger partial charge < -0.3 is 15.2 Å². The lowest BCUT2D eigenvalue weighted by molar-refractivity contribution is 0.373. The number of nitrogens with one attached hydrogen (secondary N) is 1. The van der Waals surface area contributed by atoms with Gasteiger partial charge in [-0.25, -0.2) is 13.8 Å². The summed E-state index contributed by atoms with van der Waals surface area (Å²) in [6.45, 7) is 0.376. The van der Waals surface area contributed by atoms with Crippen LogP contribution in [0.1, 0.15) is 5.56 Å². The maximum absolute atomic E-state index is 13.2. The second-order valence-electron chi connectivity index (χ2n) is 4.87. The Bertz CT molecular complexity index is 871. The van der Waals surface area contributed by atoms with Gasteiger partial charge in [-0.3, -0.25) is 4.98 Å². The van der Waals surface area contributed by atoms with Crippen LogP contribution in [0.3, 0.4) is 0 Å². The number of aromatic nitrogens is 2. The van der Waals surface area contributed by atoms with E-state index in [0.717, 1.165) is 17.7 Å². The Hall–Kier alpha value is -2.96. The second kappa shape index (κ2) is 6.04. The number of anilines is 1. The lowest BCUT2D eigenvalue weighted by Crippen LogP contribution is -2.02. The lowest BCUT2D eigenvalue weighted by Gasteiger charge is -2.08. The summed E-state index contributed by atoms with van der Waals surface area (Å²) in [5.41, 5.74) is 1.33. The molecule has 0 unspecified atom stereocenters. The number of ether oxygens (including phenoxy) is 1. The van der Waals surface area contributed by atoms with Gasteiger partial charge in [0.1, 0.15) is 5.82 Å². The minimum absolute atomic E-state index is 0.0361. The first kappa shape index (κ1) is 15.0. The van der Waals surface area contributed by atoms with Crippen LogP contribution in [0.25, 0.3) is 11.0 Å². The lowest BCUT2D eigenvalue weighted by atomic mass is 10.2. The van der Waals surface area contributed by atoms with Crippen molar-refractivity contribution in [1.29, 1.82) is 0 Å². The highest BCUT2D eigenvalue weighted by Gasteiger charge is 2.07. The monoisotopic (exact) mass is 317 g/mol. The second-order valence-corrected chi connectivity index (χ2v) is 4.87. The molecule has 0 saturated carbocycles. The molecule has 23 heavy (non-hydrogen) atoms. The van der Waals surface area contributed by atoms with Gasteiger partial charge in [0, 0.05) is 18.7 Å². The Balaban J connectivity index is 1.79. The number of rotatable bonds is 4. The first-order valence-corrected chi connectivity index (χ1v) is 6.78. The van der Waals surface area contributed by atoms with Crippen molar-refractivity contribution >= 4 is 16.9 Å². The third-order valence-electron chi connectivity index (χ3n) is 3.30. The largest absolute Gasteiger partial charge is 0.504 e. The van der Waals surface area contributed by atoms with E-state index in [2.05, 4.69) is 15.3 Å². The summed E-state index contributed by atoms with van der Waals surface area (Å²) in [6.07, 6.45) is 1.43. The third-order valence-corrected chi connectivity index (χ3v) is 3.30. The molecule has 0 saturated heterocycles. The van der Waals surface area contributed by atoms with Gasteiger partial charge in [0.05, 0.1) is 24.3 Å². The number of fused-ring (bicyclic) bond motifs is 1. The summed E-state index contributed by atoms with van der Waals surface area (Å²) in [5.74, 6) is -1.09. The van der Waals surface area contributed by atoms with Crippen LogP contribution in [-0.2, 0) is 6.54 Å². The first-order chi connectivity index (χ1) is 11.1. The number of hydrogen-bond donors (Lipinski definition) is 2. The van der Waals surface area contributed by atoms with E-state index >= 15 is 0 Å². The Kier molecular flexibility index (Phi) is 3.92. The van der Waals surface area contributed by atoms with Gasteiger partial charge in [0.25, 0.3) is 0 Å². The van der Waals surface area contributed by atoms with Crippen LogP contribution in [0, 0.1) is 11.6 Å². The minimum atomic E-state index is -0.968. The van der Waals surface area contributed by atoms with Gasteiger partial charge in [-0.15, -0.1) is 0 Å². The maximum Gasteiger partial charge on any atom is 0.161 e. The third kappa shape index (κ3) is 3.13. The molecule has 0 radical (unpaired) electrons. The van der Waals surface area contributed by atoms with E-state index in [9.17, 15) is 13.9 Å². The van der Waals surface area contributed by atoms with Crippen molar-refractivity contribution in [3.63, 3.8) is 0 Å². The Morgan fingerprint density at radius 3 is 2.57 bits per heavy atom. The summed E-state index contributed by atoms with van der Waals surface area (Å²) in [4.78, 5) is 8.22. The normalized spacial score (nSPS) is 10.7. The molecule has 7 heteroatoms. The number of nitrogens with zero attached hydrogens (tertiary/aromatic N) is 2. The zero-order chi connectivity index (χ0) is 16.4.